The predicted octanol–water partition coefficient (Wildman–Crippen LogP) is 1.19. The van der Waals surface area contributed by atoms with E-state index < -0.39 is 0 Å². The third-order valence-electron chi connectivity index (χ3n) is 4.36. The predicted molar refractivity (Wildman–Crippen MR) is 44.0 cm³/mol. The van der Waals surface area contributed by atoms with E-state index in [1.807, 2.05) is 0 Å². The number of hydrogen-bond acceptors (Lipinski definition) is 2. The fraction of sp³-hybridized carbons (Fsp3) is 1.00. The Bertz CT molecular complexity index is 172. The van der Waals surface area contributed by atoms with E-state index in [4.69, 9.17) is 0 Å². The fourth-order valence-electron chi connectivity index (χ4n) is 3.27. The van der Waals surface area contributed by atoms with Gasteiger partial charge >= 0.3 is 0 Å². The van der Waals surface area contributed by atoms with E-state index in [2.05, 4.69) is 10.9 Å². The Morgan fingerprint density at radius 3 is 2.18 bits per heavy atom. The molecule has 1 unspecified atom stereocenters. The van der Waals surface area contributed by atoms with Gasteiger partial charge in [0.2, 0.25) is 0 Å². The number of hydrazine groups is 1. The topological polar surface area (TPSA) is 24.1 Å². The summed E-state index contributed by atoms with van der Waals surface area (Å²) in [6, 6.07) is 0. The highest BCUT2D eigenvalue weighted by molar-refractivity contribution is 5.17. The van der Waals surface area contributed by atoms with Crippen molar-refractivity contribution in [3.05, 3.63) is 0 Å². The van der Waals surface area contributed by atoms with Crippen molar-refractivity contribution in [3.8, 4) is 0 Å². The summed E-state index contributed by atoms with van der Waals surface area (Å²) >= 11 is 0. The highest BCUT2D eigenvalue weighted by atomic mass is 15.4. The van der Waals surface area contributed by atoms with Crippen molar-refractivity contribution in [2.45, 2.75) is 44.1 Å². The molecule has 0 aromatic rings. The highest BCUT2D eigenvalue weighted by Crippen LogP contribution is 2.63. The summed E-state index contributed by atoms with van der Waals surface area (Å²) in [5.41, 5.74) is 8.09. The van der Waals surface area contributed by atoms with Gasteiger partial charge in [-0.15, -0.1) is 0 Å². The molecule has 2 saturated carbocycles. The van der Waals surface area contributed by atoms with E-state index in [1.165, 1.54) is 45.1 Å². The van der Waals surface area contributed by atoms with E-state index in [0.29, 0.717) is 5.54 Å². The van der Waals surface area contributed by atoms with Gasteiger partial charge in [0.15, 0.2) is 0 Å². The van der Waals surface area contributed by atoms with Crippen molar-refractivity contribution in [1.82, 2.24) is 10.9 Å². The minimum absolute atomic E-state index is 0.547. The summed E-state index contributed by atoms with van der Waals surface area (Å²) in [6.07, 6.45) is 8.72. The van der Waals surface area contributed by atoms with Gasteiger partial charge in [0.05, 0.1) is 0 Å². The zero-order valence-corrected chi connectivity index (χ0v) is 6.95. The Balaban J connectivity index is 1.86. The average molecular weight is 152 g/mol. The van der Waals surface area contributed by atoms with E-state index >= 15 is 0 Å². The van der Waals surface area contributed by atoms with Crippen molar-refractivity contribution < 1.29 is 0 Å². The summed E-state index contributed by atoms with van der Waals surface area (Å²) < 4.78 is 0. The maximum atomic E-state index is 3.51. The minimum Gasteiger partial charge on any atom is -0.257 e. The maximum Gasteiger partial charge on any atom is 0.0392 e. The molecule has 1 heterocycles. The average Bonchev–Trinajstić information content (AvgIpc) is 2.29. The largest absolute Gasteiger partial charge is 0.257 e. The molecule has 1 saturated heterocycles. The van der Waals surface area contributed by atoms with Crippen LogP contribution in [0.5, 0.6) is 0 Å². The van der Waals surface area contributed by atoms with Gasteiger partial charge in [0.25, 0.3) is 0 Å². The number of fused-ring (bicyclic) bond motifs is 1. The molecule has 3 fully saturated rings. The molecule has 0 aromatic heterocycles. The minimum atomic E-state index is 0.547. The van der Waals surface area contributed by atoms with Gasteiger partial charge in [0.1, 0.15) is 0 Å². The van der Waals surface area contributed by atoms with Crippen LogP contribution in [0.1, 0.15) is 38.5 Å². The molecule has 0 aromatic carbocycles. The Kier molecular flexibility index (Phi) is 1.06. The maximum absolute atomic E-state index is 3.51. The second-order valence-corrected chi connectivity index (χ2v) is 4.52. The van der Waals surface area contributed by atoms with Crippen LogP contribution in [0.25, 0.3) is 0 Å². The Morgan fingerprint density at radius 2 is 1.82 bits per heavy atom. The summed E-state index contributed by atoms with van der Waals surface area (Å²) in [5, 5.41) is 0. The first-order valence-electron chi connectivity index (χ1n) is 4.87. The number of hydrogen-bond donors (Lipinski definition) is 2. The van der Waals surface area contributed by atoms with Crippen LogP contribution in [0.2, 0.25) is 0 Å². The Hall–Kier alpha value is -0.0800. The van der Waals surface area contributed by atoms with Crippen LogP contribution in [-0.2, 0) is 0 Å². The third-order valence-corrected chi connectivity index (χ3v) is 4.36. The summed E-state index contributed by atoms with van der Waals surface area (Å²) in [6.45, 7) is 1.18. The van der Waals surface area contributed by atoms with Crippen molar-refractivity contribution in [2.75, 3.05) is 6.54 Å². The van der Waals surface area contributed by atoms with Gasteiger partial charge < -0.3 is 0 Å². The van der Waals surface area contributed by atoms with Crippen molar-refractivity contribution in [1.29, 1.82) is 0 Å². The van der Waals surface area contributed by atoms with Crippen LogP contribution < -0.4 is 10.9 Å². The second kappa shape index (κ2) is 1.80. The quantitative estimate of drug-likeness (QED) is 0.545. The smallest absolute Gasteiger partial charge is 0.0392 e. The van der Waals surface area contributed by atoms with E-state index in [-0.39, 0.29) is 0 Å². The molecule has 2 aliphatic carbocycles. The van der Waals surface area contributed by atoms with Gasteiger partial charge in [-0.25, -0.2) is 0 Å². The lowest BCUT2D eigenvalue weighted by molar-refractivity contribution is -0.0878. The third kappa shape index (κ3) is 0.574. The summed E-state index contributed by atoms with van der Waals surface area (Å²) in [4.78, 5) is 0. The van der Waals surface area contributed by atoms with Gasteiger partial charge in [0, 0.05) is 12.1 Å². The molecule has 2 nitrogen and oxygen atoms in total. The van der Waals surface area contributed by atoms with E-state index in [9.17, 15) is 0 Å². The number of rotatable bonds is 0. The van der Waals surface area contributed by atoms with E-state index in [0.717, 1.165) is 5.41 Å². The van der Waals surface area contributed by atoms with Gasteiger partial charge in [-0.1, -0.05) is 6.42 Å². The van der Waals surface area contributed by atoms with Crippen LogP contribution in [0.15, 0.2) is 0 Å². The molecule has 2 N–H and O–H groups in total. The fourth-order valence-corrected chi connectivity index (χ4v) is 3.27. The van der Waals surface area contributed by atoms with E-state index in [1.54, 1.807) is 0 Å². The normalized spacial score (nSPS) is 45.8. The summed E-state index contributed by atoms with van der Waals surface area (Å²) in [7, 11) is 0. The molecule has 2 heteroatoms. The van der Waals surface area contributed by atoms with Crippen LogP contribution >= 0.6 is 0 Å². The molecule has 1 atom stereocenters. The number of nitrogens with one attached hydrogen (secondary N) is 2. The van der Waals surface area contributed by atoms with Crippen LogP contribution in [0, 0.1) is 5.41 Å². The lowest BCUT2D eigenvalue weighted by Gasteiger charge is -2.63. The zero-order valence-electron chi connectivity index (χ0n) is 6.95. The van der Waals surface area contributed by atoms with Gasteiger partial charge in [-0.2, -0.15) is 0 Å². The molecule has 0 amide bonds. The lowest BCUT2D eigenvalue weighted by Crippen LogP contribution is -2.66. The standard InChI is InChI=1S/C9H16N2/c1-2-8(3-1)4-5-9(8)6-7-10-11-9/h10-11H,1-7H2. The molecule has 2 spiro atoms. The summed E-state index contributed by atoms with van der Waals surface area (Å²) in [5.74, 6) is 0. The second-order valence-electron chi connectivity index (χ2n) is 4.52. The molecular weight excluding hydrogens is 136 g/mol. The zero-order chi connectivity index (χ0) is 7.36. The molecule has 3 aliphatic rings. The molecule has 1 aliphatic heterocycles. The van der Waals surface area contributed by atoms with Crippen molar-refractivity contribution in [2.24, 2.45) is 5.41 Å². The molecule has 11 heavy (non-hydrogen) atoms. The highest BCUT2D eigenvalue weighted by Gasteiger charge is 2.62. The molecule has 0 radical (unpaired) electrons. The van der Waals surface area contributed by atoms with Gasteiger partial charge in [-0.05, 0) is 37.5 Å². The van der Waals surface area contributed by atoms with Crippen LogP contribution in [0.4, 0.5) is 0 Å². The van der Waals surface area contributed by atoms with Crippen LogP contribution in [-0.4, -0.2) is 12.1 Å². The first-order valence-corrected chi connectivity index (χ1v) is 4.87. The van der Waals surface area contributed by atoms with Crippen molar-refractivity contribution >= 4 is 0 Å². The Morgan fingerprint density at radius 1 is 0.909 bits per heavy atom. The molecule has 62 valence electrons. The first kappa shape index (κ1) is 6.44. The van der Waals surface area contributed by atoms with Crippen LogP contribution in [0.3, 0.4) is 0 Å². The molecular formula is C9H16N2. The monoisotopic (exact) mass is 152 g/mol. The van der Waals surface area contributed by atoms with Gasteiger partial charge in [-0.3, -0.25) is 10.9 Å². The first-order chi connectivity index (χ1) is 5.37. The SMILES string of the molecule is C1CC2(C1)CCC21CCNN1. The van der Waals surface area contributed by atoms with Crippen molar-refractivity contribution in [3.63, 3.8) is 0 Å². The lowest BCUT2D eigenvalue weighted by atomic mass is 9.45. The molecule has 0 bridgehead atoms. The Labute approximate surface area is 67.7 Å². The molecule has 3 rings (SSSR count).